The van der Waals surface area contributed by atoms with E-state index in [1.165, 1.54) is 6.20 Å². The predicted molar refractivity (Wildman–Crippen MR) is 101 cm³/mol. The highest BCUT2D eigenvalue weighted by molar-refractivity contribution is 5.93. The number of anilines is 1. The molecule has 7 nitrogen and oxygen atoms in total. The van der Waals surface area contributed by atoms with Gasteiger partial charge in [-0.1, -0.05) is 0 Å². The first-order chi connectivity index (χ1) is 13.2. The zero-order valence-corrected chi connectivity index (χ0v) is 15.0. The average molecular weight is 367 g/mol. The van der Waals surface area contributed by atoms with Gasteiger partial charge in [-0.05, 0) is 48.5 Å². The minimum Gasteiger partial charge on any atom is -0.497 e. The molecular formula is C20H21N3O4. The van der Waals surface area contributed by atoms with Crippen LogP contribution in [0.15, 0.2) is 65.4 Å². The van der Waals surface area contributed by atoms with E-state index in [2.05, 4.69) is 15.6 Å². The van der Waals surface area contributed by atoms with E-state index in [4.69, 9.17) is 13.9 Å². The van der Waals surface area contributed by atoms with Gasteiger partial charge in [0.2, 0.25) is 0 Å². The molecule has 0 aliphatic rings. The van der Waals surface area contributed by atoms with Crippen molar-refractivity contribution in [1.29, 1.82) is 0 Å². The number of furan rings is 1. The van der Waals surface area contributed by atoms with Crippen molar-refractivity contribution in [1.82, 2.24) is 10.3 Å². The van der Waals surface area contributed by atoms with Gasteiger partial charge in [-0.2, -0.15) is 0 Å². The third kappa shape index (κ3) is 5.50. The van der Waals surface area contributed by atoms with E-state index >= 15 is 0 Å². The number of ether oxygens (including phenoxy) is 2. The summed E-state index contributed by atoms with van der Waals surface area (Å²) in [7, 11) is 1.63. The van der Waals surface area contributed by atoms with Gasteiger partial charge in [0, 0.05) is 6.20 Å². The SMILES string of the molecule is COc1ccc(OCCNc2ccc(C(=O)NCc3ccco3)cn2)cc1. The number of aromatic nitrogens is 1. The lowest BCUT2D eigenvalue weighted by Crippen LogP contribution is -2.22. The highest BCUT2D eigenvalue weighted by Crippen LogP contribution is 2.16. The molecule has 3 rings (SSSR count). The summed E-state index contributed by atoms with van der Waals surface area (Å²) in [6.45, 7) is 1.41. The fourth-order valence-electron chi connectivity index (χ4n) is 2.34. The standard InChI is InChI=1S/C20H21N3O4/c1-25-16-5-7-17(8-6-16)27-12-10-21-19-9-4-15(13-22-19)20(24)23-14-18-3-2-11-26-18/h2-9,11,13H,10,12,14H2,1H3,(H,21,22)(H,23,24). The van der Waals surface area contributed by atoms with Crippen molar-refractivity contribution < 1.29 is 18.7 Å². The Hall–Kier alpha value is -3.48. The first-order valence-electron chi connectivity index (χ1n) is 8.52. The molecule has 0 spiro atoms. The summed E-state index contributed by atoms with van der Waals surface area (Å²) in [5.74, 6) is 2.74. The maximum absolute atomic E-state index is 12.1. The summed E-state index contributed by atoms with van der Waals surface area (Å²) in [4.78, 5) is 16.3. The number of carbonyl (C=O) groups excluding carboxylic acids is 1. The maximum atomic E-state index is 12.1. The summed E-state index contributed by atoms with van der Waals surface area (Å²) in [6.07, 6.45) is 3.10. The number of hydrogen-bond donors (Lipinski definition) is 2. The highest BCUT2D eigenvalue weighted by Gasteiger charge is 2.07. The molecule has 0 radical (unpaired) electrons. The smallest absolute Gasteiger partial charge is 0.253 e. The van der Waals surface area contributed by atoms with Gasteiger partial charge < -0.3 is 24.5 Å². The summed E-state index contributed by atoms with van der Waals surface area (Å²) in [5, 5.41) is 5.93. The van der Waals surface area contributed by atoms with Crippen LogP contribution in [0.25, 0.3) is 0 Å². The first-order valence-corrected chi connectivity index (χ1v) is 8.52. The number of carbonyl (C=O) groups is 1. The number of pyridine rings is 1. The Morgan fingerprint density at radius 1 is 1.11 bits per heavy atom. The molecule has 1 aromatic carbocycles. The Morgan fingerprint density at radius 2 is 1.93 bits per heavy atom. The second-order valence-electron chi connectivity index (χ2n) is 5.64. The number of methoxy groups -OCH3 is 1. The van der Waals surface area contributed by atoms with Gasteiger partial charge in [-0.25, -0.2) is 4.98 Å². The molecule has 0 atom stereocenters. The largest absolute Gasteiger partial charge is 0.497 e. The van der Waals surface area contributed by atoms with E-state index < -0.39 is 0 Å². The molecule has 0 bridgehead atoms. The van der Waals surface area contributed by atoms with Crippen LogP contribution >= 0.6 is 0 Å². The van der Waals surface area contributed by atoms with Gasteiger partial charge in [0.1, 0.15) is 29.7 Å². The zero-order chi connectivity index (χ0) is 18.9. The molecule has 7 heteroatoms. The van der Waals surface area contributed by atoms with Gasteiger partial charge in [-0.3, -0.25) is 4.79 Å². The number of rotatable bonds is 9. The Balaban J connectivity index is 1.39. The van der Waals surface area contributed by atoms with Crippen molar-refractivity contribution in [3.05, 3.63) is 72.3 Å². The fourth-order valence-corrected chi connectivity index (χ4v) is 2.34. The maximum Gasteiger partial charge on any atom is 0.253 e. The fraction of sp³-hybridized carbons (Fsp3) is 0.200. The number of amides is 1. The van der Waals surface area contributed by atoms with E-state index in [0.717, 1.165) is 11.5 Å². The summed E-state index contributed by atoms with van der Waals surface area (Å²) >= 11 is 0. The molecule has 0 unspecified atom stereocenters. The molecule has 0 aliphatic carbocycles. The van der Waals surface area contributed by atoms with Crippen LogP contribution in [-0.4, -0.2) is 31.2 Å². The Bertz CT molecular complexity index is 831. The lowest BCUT2D eigenvalue weighted by molar-refractivity contribution is 0.0947. The molecule has 1 amide bonds. The molecule has 2 N–H and O–H groups in total. The Labute approximate surface area is 157 Å². The van der Waals surface area contributed by atoms with Crippen molar-refractivity contribution >= 4 is 11.7 Å². The predicted octanol–water partition coefficient (Wildman–Crippen LogP) is 3.10. The zero-order valence-electron chi connectivity index (χ0n) is 15.0. The quantitative estimate of drug-likeness (QED) is 0.565. The van der Waals surface area contributed by atoms with Gasteiger partial charge in [0.05, 0.1) is 32.0 Å². The molecule has 2 heterocycles. The van der Waals surface area contributed by atoms with Crippen molar-refractivity contribution in [2.45, 2.75) is 6.54 Å². The van der Waals surface area contributed by atoms with Crippen LogP contribution in [0.5, 0.6) is 11.5 Å². The molecule has 0 saturated heterocycles. The number of nitrogens with zero attached hydrogens (tertiary/aromatic N) is 1. The molecule has 0 saturated carbocycles. The van der Waals surface area contributed by atoms with Crippen LogP contribution in [0.3, 0.4) is 0 Å². The van der Waals surface area contributed by atoms with Crippen LogP contribution < -0.4 is 20.1 Å². The summed E-state index contributed by atoms with van der Waals surface area (Å²) < 4.78 is 15.9. The third-order valence-electron chi connectivity index (χ3n) is 3.77. The Morgan fingerprint density at radius 3 is 2.59 bits per heavy atom. The van der Waals surface area contributed by atoms with Crippen molar-refractivity contribution in [2.24, 2.45) is 0 Å². The molecule has 0 aliphatic heterocycles. The van der Waals surface area contributed by atoms with E-state index in [9.17, 15) is 4.79 Å². The number of benzene rings is 1. The van der Waals surface area contributed by atoms with Crippen LogP contribution in [0.2, 0.25) is 0 Å². The minimum absolute atomic E-state index is 0.201. The lowest BCUT2D eigenvalue weighted by atomic mass is 10.2. The molecule has 2 aromatic heterocycles. The van der Waals surface area contributed by atoms with Gasteiger partial charge in [0.15, 0.2) is 0 Å². The molecular weight excluding hydrogens is 346 g/mol. The second-order valence-corrected chi connectivity index (χ2v) is 5.64. The van der Waals surface area contributed by atoms with Crippen LogP contribution in [-0.2, 0) is 6.54 Å². The van der Waals surface area contributed by atoms with Gasteiger partial charge >= 0.3 is 0 Å². The topological polar surface area (TPSA) is 85.6 Å². The molecule has 27 heavy (non-hydrogen) atoms. The number of hydrogen-bond acceptors (Lipinski definition) is 6. The van der Waals surface area contributed by atoms with E-state index in [0.29, 0.717) is 36.8 Å². The van der Waals surface area contributed by atoms with Crippen LogP contribution in [0, 0.1) is 0 Å². The normalized spacial score (nSPS) is 10.3. The molecule has 3 aromatic rings. The van der Waals surface area contributed by atoms with Gasteiger partial charge in [0.25, 0.3) is 5.91 Å². The average Bonchev–Trinajstić information content (AvgIpc) is 3.24. The van der Waals surface area contributed by atoms with Crippen LogP contribution in [0.4, 0.5) is 5.82 Å². The first kappa shape index (κ1) is 18.3. The monoisotopic (exact) mass is 367 g/mol. The Kier molecular flexibility index (Phi) is 6.30. The highest BCUT2D eigenvalue weighted by atomic mass is 16.5. The summed E-state index contributed by atoms with van der Waals surface area (Å²) in [6, 6.07) is 14.5. The van der Waals surface area contributed by atoms with Crippen molar-refractivity contribution in [3.63, 3.8) is 0 Å². The van der Waals surface area contributed by atoms with Crippen molar-refractivity contribution in [3.8, 4) is 11.5 Å². The van der Waals surface area contributed by atoms with Gasteiger partial charge in [-0.15, -0.1) is 0 Å². The van der Waals surface area contributed by atoms with E-state index in [1.54, 1.807) is 37.6 Å². The lowest BCUT2D eigenvalue weighted by Gasteiger charge is -2.09. The van der Waals surface area contributed by atoms with E-state index in [1.807, 2.05) is 24.3 Å². The molecule has 140 valence electrons. The van der Waals surface area contributed by atoms with Crippen molar-refractivity contribution in [2.75, 3.05) is 25.6 Å². The summed E-state index contributed by atoms with van der Waals surface area (Å²) in [5.41, 5.74) is 0.488. The third-order valence-corrected chi connectivity index (χ3v) is 3.77. The number of nitrogens with one attached hydrogen (secondary N) is 2. The van der Waals surface area contributed by atoms with Crippen LogP contribution in [0.1, 0.15) is 16.1 Å². The van der Waals surface area contributed by atoms with E-state index in [-0.39, 0.29) is 5.91 Å². The minimum atomic E-state index is -0.201. The molecule has 0 fully saturated rings. The second kappa shape index (κ2) is 9.28.